The molecule has 27 heavy (non-hydrogen) atoms. The van der Waals surface area contributed by atoms with E-state index in [2.05, 4.69) is 10.1 Å². The van der Waals surface area contributed by atoms with Crippen molar-refractivity contribution in [3.63, 3.8) is 0 Å². The molecule has 2 heterocycles. The van der Waals surface area contributed by atoms with Crippen molar-refractivity contribution in [2.45, 2.75) is 19.4 Å². The summed E-state index contributed by atoms with van der Waals surface area (Å²) in [5.41, 5.74) is 0.961. The van der Waals surface area contributed by atoms with Gasteiger partial charge in [0.05, 0.1) is 41.5 Å². The predicted octanol–water partition coefficient (Wildman–Crippen LogP) is 2.04. The second kappa shape index (κ2) is 7.32. The average molecular weight is 412 g/mol. The summed E-state index contributed by atoms with van der Waals surface area (Å²) in [5, 5.41) is 3.30. The quantitative estimate of drug-likeness (QED) is 0.611. The first-order valence-corrected chi connectivity index (χ1v) is 10.4. The van der Waals surface area contributed by atoms with Crippen LogP contribution in [0, 0.1) is 6.92 Å². The molecule has 0 unspecified atom stereocenters. The molecule has 1 fully saturated rings. The van der Waals surface area contributed by atoms with Crippen molar-refractivity contribution in [2.75, 3.05) is 18.6 Å². The summed E-state index contributed by atoms with van der Waals surface area (Å²) in [7, 11) is -1.86. The number of carbonyl (C=O) groups is 1. The normalized spacial score (nSPS) is 18.9. The van der Waals surface area contributed by atoms with Crippen molar-refractivity contribution in [1.29, 1.82) is 0 Å². The summed E-state index contributed by atoms with van der Waals surface area (Å²) in [6.45, 7) is 1.70. The summed E-state index contributed by atoms with van der Waals surface area (Å²) in [6.07, 6.45) is 1.73. The van der Waals surface area contributed by atoms with Crippen LogP contribution in [0.1, 0.15) is 34.1 Å². The Balaban J connectivity index is 1.97. The highest BCUT2D eigenvalue weighted by molar-refractivity contribution is 7.91. The molecular formula is C17H18ClN3O5S. The number of aromatic nitrogens is 2. The van der Waals surface area contributed by atoms with Crippen molar-refractivity contribution in [2.24, 2.45) is 4.99 Å². The molecule has 1 N–H and O–H groups in total. The number of aliphatic imine (C=N–C) groups is 1. The number of benzene rings is 1. The second-order valence-corrected chi connectivity index (χ2v) is 8.96. The molecule has 1 aromatic heterocycles. The number of rotatable bonds is 4. The molecule has 0 radical (unpaired) electrons. The van der Waals surface area contributed by atoms with Crippen LogP contribution < -0.4 is 5.56 Å². The predicted molar refractivity (Wildman–Crippen MR) is 102 cm³/mol. The molecule has 0 bridgehead atoms. The topological polar surface area (TPSA) is 111 Å². The molecule has 144 valence electrons. The lowest BCUT2D eigenvalue weighted by atomic mass is 10.2. The van der Waals surface area contributed by atoms with E-state index in [0.29, 0.717) is 17.1 Å². The standard InChI is InChI=1S/C17H18ClN3O5S/c1-10-14(16(22)21(20-10)12-5-6-27(24,25)9-12)8-19-15-7-11(18)3-4-13(15)17(23)26-2/h3-4,7-8,12,20H,5-6,9H2,1-2H3/t12-/m1/s1. The first-order valence-electron chi connectivity index (χ1n) is 8.15. The number of ether oxygens (including phenoxy) is 1. The maximum Gasteiger partial charge on any atom is 0.340 e. The summed E-state index contributed by atoms with van der Waals surface area (Å²) in [4.78, 5) is 28.8. The van der Waals surface area contributed by atoms with Crippen LogP contribution in [0.4, 0.5) is 5.69 Å². The zero-order chi connectivity index (χ0) is 19.8. The minimum Gasteiger partial charge on any atom is -0.465 e. The molecule has 8 nitrogen and oxygen atoms in total. The molecule has 2 aromatic rings. The van der Waals surface area contributed by atoms with Crippen LogP contribution in [0.5, 0.6) is 0 Å². The number of methoxy groups -OCH3 is 1. The number of hydrogen-bond acceptors (Lipinski definition) is 6. The first-order chi connectivity index (χ1) is 12.7. The van der Waals surface area contributed by atoms with Crippen molar-refractivity contribution in [3.05, 3.63) is 50.4 Å². The van der Waals surface area contributed by atoms with Crippen molar-refractivity contribution < 1.29 is 17.9 Å². The minimum atomic E-state index is -3.12. The maximum absolute atomic E-state index is 12.7. The van der Waals surface area contributed by atoms with Gasteiger partial charge in [-0.05, 0) is 31.5 Å². The number of hydrogen-bond donors (Lipinski definition) is 1. The van der Waals surface area contributed by atoms with Gasteiger partial charge < -0.3 is 4.74 Å². The number of esters is 1. The highest BCUT2D eigenvalue weighted by atomic mass is 35.5. The number of nitrogens with zero attached hydrogens (tertiary/aromatic N) is 2. The molecule has 1 aliphatic heterocycles. The van der Waals surface area contributed by atoms with E-state index < -0.39 is 21.8 Å². The van der Waals surface area contributed by atoms with Crippen LogP contribution >= 0.6 is 11.6 Å². The van der Waals surface area contributed by atoms with Gasteiger partial charge in [0, 0.05) is 16.9 Å². The molecule has 0 amide bonds. The number of nitrogens with one attached hydrogen (secondary N) is 1. The molecule has 0 spiro atoms. The first kappa shape index (κ1) is 19.4. The van der Waals surface area contributed by atoms with Crippen LogP contribution in [0.2, 0.25) is 5.02 Å². The Morgan fingerprint density at radius 2 is 2.19 bits per heavy atom. The van der Waals surface area contributed by atoms with Gasteiger partial charge in [0.15, 0.2) is 9.84 Å². The number of halogens is 1. The third kappa shape index (κ3) is 3.98. The lowest BCUT2D eigenvalue weighted by molar-refractivity contribution is 0.0601. The number of sulfone groups is 1. The highest BCUT2D eigenvalue weighted by Crippen LogP contribution is 2.25. The molecule has 1 saturated heterocycles. The maximum atomic E-state index is 12.7. The van der Waals surface area contributed by atoms with Gasteiger partial charge in [0.25, 0.3) is 5.56 Å². The summed E-state index contributed by atoms with van der Waals surface area (Å²) in [5.74, 6) is -0.570. The van der Waals surface area contributed by atoms with Crippen LogP contribution in [0.25, 0.3) is 0 Å². The van der Waals surface area contributed by atoms with Gasteiger partial charge in [-0.3, -0.25) is 14.9 Å². The molecular weight excluding hydrogens is 394 g/mol. The van der Waals surface area contributed by atoms with Gasteiger partial charge in [-0.15, -0.1) is 0 Å². The van der Waals surface area contributed by atoms with E-state index in [1.54, 1.807) is 13.0 Å². The number of aryl methyl sites for hydroxylation is 1. The third-order valence-electron chi connectivity index (χ3n) is 4.41. The van der Waals surface area contributed by atoms with E-state index >= 15 is 0 Å². The van der Waals surface area contributed by atoms with Crippen LogP contribution in [-0.2, 0) is 14.6 Å². The van der Waals surface area contributed by atoms with Crippen LogP contribution in [0.15, 0.2) is 28.0 Å². The molecule has 1 aliphatic rings. The van der Waals surface area contributed by atoms with Crippen LogP contribution in [0.3, 0.4) is 0 Å². The Bertz CT molecular complexity index is 1080. The molecule has 10 heteroatoms. The molecule has 0 aliphatic carbocycles. The van der Waals surface area contributed by atoms with Gasteiger partial charge in [0.1, 0.15) is 0 Å². The Labute approximate surface area is 160 Å². The van der Waals surface area contributed by atoms with Gasteiger partial charge in [0.2, 0.25) is 0 Å². The average Bonchev–Trinajstić information content (AvgIpc) is 3.11. The summed E-state index contributed by atoms with van der Waals surface area (Å²) < 4.78 is 29.4. The van der Waals surface area contributed by atoms with Gasteiger partial charge >= 0.3 is 5.97 Å². The number of H-pyrrole nitrogens is 1. The van der Waals surface area contributed by atoms with E-state index in [0.717, 1.165) is 0 Å². The SMILES string of the molecule is COC(=O)c1ccc(Cl)cc1N=Cc1c(C)[nH]n([C@@H]2CCS(=O)(=O)C2)c1=O. The van der Waals surface area contributed by atoms with E-state index in [4.69, 9.17) is 16.3 Å². The van der Waals surface area contributed by atoms with Crippen molar-refractivity contribution >= 4 is 39.3 Å². The minimum absolute atomic E-state index is 0.0653. The Morgan fingerprint density at radius 1 is 1.44 bits per heavy atom. The Morgan fingerprint density at radius 3 is 2.81 bits per heavy atom. The number of carbonyl (C=O) groups excluding carboxylic acids is 1. The summed E-state index contributed by atoms with van der Waals surface area (Å²) >= 11 is 5.97. The fraction of sp³-hybridized carbons (Fsp3) is 0.353. The highest BCUT2D eigenvalue weighted by Gasteiger charge is 2.31. The molecule has 1 atom stereocenters. The van der Waals surface area contributed by atoms with Gasteiger partial charge in [-0.25, -0.2) is 17.9 Å². The summed E-state index contributed by atoms with van der Waals surface area (Å²) in [6, 6.07) is 4.11. The molecule has 3 rings (SSSR count). The van der Waals surface area contributed by atoms with Crippen LogP contribution in [-0.4, -0.2) is 49.0 Å². The smallest absolute Gasteiger partial charge is 0.340 e. The van der Waals surface area contributed by atoms with E-state index in [9.17, 15) is 18.0 Å². The number of aromatic amines is 1. The fourth-order valence-corrected chi connectivity index (χ4v) is 4.86. The third-order valence-corrected chi connectivity index (χ3v) is 6.40. The monoisotopic (exact) mass is 411 g/mol. The van der Waals surface area contributed by atoms with Gasteiger partial charge in [-0.2, -0.15) is 0 Å². The van der Waals surface area contributed by atoms with Crippen molar-refractivity contribution in [3.8, 4) is 0 Å². The van der Waals surface area contributed by atoms with E-state index in [1.807, 2.05) is 0 Å². The Hall–Kier alpha value is -2.39. The van der Waals surface area contributed by atoms with Crippen molar-refractivity contribution in [1.82, 2.24) is 9.78 Å². The second-order valence-electron chi connectivity index (χ2n) is 6.29. The zero-order valence-electron chi connectivity index (χ0n) is 14.7. The van der Waals surface area contributed by atoms with Gasteiger partial charge in [-0.1, -0.05) is 11.6 Å². The Kier molecular flexibility index (Phi) is 5.25. The zero-order valence-corrected chi connectivity index (χ0v) is 16.3. The fourth-order valence-electron chi connectivity index (χ4n) is 3.00. The lowest BCUT2D eigenvalue weighted by Gasteiger charge is -2.07. The van der Waals surface area contributed by atoms with E-state index in [1.165, 1.54) is 30.1 Å². The molecule has 0 saturated carbocycles. The molecule has 1 aromatic carbocycles. The van der Waals surface area contributed by atoms with E-state index in [-0.39, 0.29) is 33.9 Å². The lowest BCUT2D eigenvalue weighted by Crippen LogP contribution is -2.25. The largest absolute Gasteiger partial charge is 0.465 e.